The van der Waals surface area contributed by atoms with Crippen molar-refractivity contribution in [1.29, 1.82) is 0 Å². The molecular weight excluding hydrogens is 317 g/mol. The Bertz CT molecular complexity index is 912. The lowest BCUT2D eigenvalue weighted by atomic mass is 10.2. The van der Waals surface area contributed by atoms with E-state index >= 15 is 0 Å². The Kier molecular flexibility index (Phi) is 4.75. The third kappa shape index (κ3) is 3.66. The summed E-state index contributed by atoms with van der Waals surface area (Å²) in [5.74, 6) is -0.762. The molecule has 1 aromatic heterocycles. The van der Waals surface area contributed by atoms with Crippen LogP contribution in [0.4, 0.5) is 4.39 Å². The number of rotatable bonds is 4. The minimum atomic E-state index is -0.381. The van der Waals surface area contributed by atoms with Crippen LogP contribution in [0.2, 0.25) is 0 Å². The van der Waals surface area contributed by atoms with Gasteiger partial charge in [-0.05, 0) is 56.3 Å². The first-order valence-electron chi connectivity index (χ1n) is 7.89. The molecule has 0 atom stereocenters. The summed E-state index contributed by atoms with van der Waals surface area (Å²) in [6.45, 7) is 4.03. The number of hydrazone groups is 1. The molecule has 0 radical (unpaired) electrons. The summed E-state index contributed by atoms with van der Waals surface area (Å²) >= 11 is 0. The predicted octanol–water partition coefficient (Wildman–Crippen LogP) is 4.00. The van der Waals surface area contributed by atoms with Crippen molar-refractivity contribution in [2.24, 2.45) is 5.10 Å². The van der Waals surface area contributed by atoms with Crippen LogP contribution in [0.3, 0.4) is 0 Å². The highest BCUT2D eigenvalue weighted by atomic mass is 19.1. The second-order valence-corrected chi connectivity index (χ2v) is 5.70. The van der Waals surface area contributed by atoms with E-state index in [4.69, 9.17) is 0 Å². The molecule has 0 unspecified atom stereocenters. The molecule has 1 heterocycles. The van der Waals surface area contributed by atoms with Gasteiger partial charge >= 0.3 is 0 Å². The van der Waals surface area contributed by atoms with Crippen molar-refractivity contribution in [1.82, 2.24) is 9.99 Å². The highest BCUT2D eigenvalue weighted by Gasteiger charge is 2.09. The Hall–Kier alpha value is -3.21. The zero-order valence-electron chi connectivity index (χ0n) is 14.0. The molecule has 0 spiro atoms. The Morgan fingerprint density at radius 1 is 1.08 bits per heavy atom. The van der Waals surface area contributed by atoms with E-state index in [1.165, 1.54) is 24.3 Å². The SMILES string of the molecule is Cc1cc(/C=N\NC(=O)c2ccc(F)cc2)c(C)n1-c1ccccc1. The summed E-state index contributed by atoms with van der Waals surface area (Å²) < 4.78 is 15.0. The molecule has 2 aromatic carbocycles. The van der Waals surface area contributed by atoms with Crippen LogP contribution in [-0.4, -0.2) is 16.7 Å². The van der Waals surface area contributed by atoms with Crippen LogP contribution in [0.25, 0.3) is 5.69 Å². The van der Waals surface area contributed by atoms with E-state index in [1.54, 1.807) is 6.21 Å². The smallest absolute Gasteiger partial charge is 0.271 e. The first-order chi connectivity index (χ1) is 12.1. The van der Waals surface area contributed by atoms with Crippen molar-refractivity contribution in [3.05, 3.63) is 89.0 Å². The van der Waals surface area contributed by atoms with Gasteiger partial charge in [0.05, 0.1) is 6.21 Å². The lowest BCUT2D eigenvalue weighted by Gasteiger charge is -2.08. The minimum Gasteiger partial charge on any atom is -0.318 e. The van der Waals surface area contributed by atoms with E-state index < -0.39 is 0 Å². The summed E-state index contributed by atoms with van der Waals surface area (Å²) in [4.78, 5) is 12.0. The molecule has 0 aliphatic carbocycles. The maximum atomic E-state index is 12.9. The largest absolute Gasteiger partial charge is 0.318 e. The highest BCUT2D eigenvalue weighted by molar-refractivity contribution is 5.95. The third-order valence-electron chi connectivity index (χ3n) is 3.96. The van der Waals surface area contributed by atoms with Gasteiger partial charge in [-0.15, -0.1) is 0 Å². The van der Waals surface area contributed by atoms with Crippen LogP contribution in [0.15, 0.2) is 65.8 Å². The molecule has 0 saturated carbocycles. The van der Waals surface area contributed by atoms with Crippen molar-refractivity contribution < 1.29 is 9.18 Å². The number of aryl methyl sites for hydroxylation is 1. The van der Waals surface area contributed by atoms with Crippen LogP contribution in [0.5, 0.6) is 0 Å². The van der Waals surface area contributed by atoms with Crippen molar-refractivity contribution >= 4 is 12.1 Å². The Labute approximate surface area is 145 Å². The van der Waals surface area contributed by atoms with E-state index in [2.05, 4.69) is 15.1 Å². The molecule has 0 saturated heterocycles. The van der Waals surface area contributed by atoms with Crippen LogP contribution in [0.1, 0.15) is 27.3 Å². The van der Waals surface area contributed by atoms with Crippen LogP contribution in [0, 0.1) is 19.7 Å². The maximum Gasteiger partial charge on any atom is 0.271 e. The molecule has 126 valence electrons. The summed E-state index contributed by atoms with van der Waals surface area (Å²) in [5.41, 5.74) is 6.92. The predicted molar refractivity (Wildman–Crippen MR) is 96.7 cm³/mol. The number of amides is 1. The molecule has 0 bridgehead atoms. The molecule has 0 aliphatic rings. The summed E-state index contributed by atoms with van der Waals surface area (Å²) in [6, 6.07) is 17.4. The molecule has 1 amide bonds. The van der Waals surface area contributed by atoms with Crippen molar-refractivity contribution in [2.45, 2.75) is 13.8 Å². The van der Waals surface area contributed by atoms with Crippen LogP contribution >= 0.6 is 0 Å². The number of hydrogen-bond acceptors (Lipinski definition) is 2. The van der Waals surface area contributed by atoms with Gasteiger partial charge in [0.2, 0.25) is 0 Å². The third-order valence-corrected chi connectivity index (χ3v) is 3.96. The zero-order valence-corrected chi connectivity index (χ0v) is 14.0. The van der Waals surface area contributed by atoms with Crippen LogP contribution in [-0.2, 0) is 0 Å². The second kappa shape index (κ2) is 7.13. The molecular formula is C20H18FN3O. The standard InChI is InChI=1S/C20H18FN3O/c1-14-12-17(15(2)24(14)19-6-4-3-5-7-19)13-22-23-20(25)16-8-10-18(21)11-9-16/h3-13H,1-2H3,(H,23,25)/b22-13-. The van der Waals surface area contributed by atoms with E-state index in [0.29, 0.717) is 5.56 Å². The Morgan fingerprint density at radius 2 is 1.76 bits per heavy atom. The molecule has 3 rings (SSSR count). The zero-order chi connectivity index (χ0) is 17.8. The van der Waals surface area contributed by atoms with Gasteiger partial charge < -0.3 is 4.57 Å². The summed E-state index contributed by atoms with van der Waals surface area (Å²) in [6.07, 6.45) is 1.61. The van der Waals surface area contributed by atoms with Crippen molar-refractivity contribution in [3.63, 3.8) is 0 Å². The molecule has 1 N–H and O–H groups in total. The van der Waals surface area contributed by atoms with E-state index in [1.807, 2.05) is 50.2 Å². The van der Waals surface area contributed by atoms with Gasteiger partial charge in [-0.2, -0.15) is 5.10 Å². The fourth-order valence-electron chi connectivity index (χ4n) is 2.72. The van der Waals surface area contributed by atoms with Crippen molar-refractivity contribution in [2.75, 3.05) is 0 Å². The number of benzene rings is 2. The fraction of sp³-hybridized carbons (Fsp3) is 0.100. The number of para-hydroxylation sites is 1. The average molecular weight is 335 g/mol. The average Bonchev–Trinajstić information content (AvgIpc) is 2.90. The number of hydrogen-bond donors (Lipinski definition) is 1. The second-order valence-electron chi connectivity index (χ2n) is 5.70. The first-order valence-corrected chi connectivity index (χ1v) is 7.89. The molecule has 4 nitrogen and oxygen atoms in total. The lowest BCUT2D eigenvalue weighted by molar-refractivity contribution is 0.0955. The fourth-order valence-corrected chi connectivity index (χ4v) is 2.72. The number of carbonyl (C=O) groups excluding carboxylic acids is 1. The van der Waals surface area contributed by atoms with E-state index in [0.717, 1.165) is 22.6 Å². The Morgan fingerprint density at radius 3 is 2.44 bits per heavy atom. The summed E-state index contributed by atoms with van der Waals surface area (Å²) in [5, 5.41) is 4.02. The number of carbonyl (C=O) groups is 1. The monoisotopic (exact) mass is 335 g/mol. The molecule has 5 heteroatoms. The van der Waals surface area contributed by atoms with Gasteiger partial charge in [0, 0.05) is 28.2 Å². The quantitative estimate of drug-likeness (QED) is 0.568. The Balaban J connectivity index is 1.76. The number of nitrogens with zero attached hydrogens (tertiary/aromatic N) is 2. The number of aromatic nitrogens is 1. The summed E-state index contributed by atoms with van der Waals surface area (Å²) in [7, 11) is 0. The van der Waals surface area contributed by atoms with Gasteiger partial charge in [-0.1, -0.05) is 18.2 Å². The highest BCUT2D eigenvalue weighted by Crippen LogP contribution is 2.19. The normalized spacial score (nSPS) is 11.0. The lowest BCUT2D eigenvalue weighted by Crippen LogP contribution is -2.17. The van der Waals surface area contributed by atoms with E-state index in [-0.39, 0.29) is 11.7 Å². The first kappa shape index (κ1) is 16.6. The van der Waals surface area contributed by atoms with Gasteiger partial charge in [0.1, 0.15) is 5.82 Å². The maximum absolute atomic E-state index is 12.9. The minimum absolute atomic E-state index is 0.355. The van der Waals surface area contributed by atoms with E-state index in [9.17, 15) is 9.18 Å². The number of nitrogens with one attached hydrogen (secondary N) is 1. The molecule has 0 fully saturated rings. The van der Waals surface area contributed by atoms with Crippen molar-refractivity contribution in [3.8, 4) is 5.69 Å². The molecule has 0 aliphatic heterocycles. The number of halogens is 1. The van der Waals surface area contributed by atoms with Crippen LogP contribution < -0.4 is 5.43 Å². The van der Waals surface area contributed by atoms with Gasteiger partial charge in [-0.25, -0.2) is 9.82 Å². The molecule has 3 aromatic rings. The topological polar surface area (TPSA) is 46.4 Å². The van der Waals surface area contributed by atoms with Gasteiger partial charge in [0.25, 0.3) is 5.91 Å². The molecule has 25 heavy (non-hydrogen) atoms. The van der Waals surface area contributed by atoms with Gasteiger partial charge in [-0.3, -0.25) is 4.79 Å². The van der Waals surface area contributed by atoms with Gasteiger partial charge in [0.15, 0.2) is 0 Å².